The maximum absolute atomic E-state index is 12.3. The highest BCUT2D eigenvalue weighted by Gasteiger charge is 2.16. The van der Waals surface area contributed by atoms with Gasteiger partial charge < -0.3 is 0 Å². The van der Waals surface area contributed by atoms with Crippen LogP contribution in [0.2, 0.25) is 0 Å². The Kier molecular flexibility index (Phi) is 6.61. The SMILES string of the molecule is CCCCNS(=O)(=O)c1ccc(NS(=O)(=O)c2ccc(Br)cc2)cc1. The average Bonchev–Trinajstić information content (AvgIpc) is 2.55. The summed E-state index contributed by atoms with van der Waals surface area (Å²) in [5.41, 5.74) is 0.287. The maximum atomic E-state index is 12.3. The first-order chi connectivity index (χ1) is 11.7. The minimum atomic E-state index is -3.73. The molecule has 0 aliphatic carbocycles. The van der Waals surface area contributed by atoms with E-state index in [1.807, 2.05) is 6.92 Å². The zero-order valence-corrected chi connectivity index (χ0v) is 16.8. The van der Waals surface area contributed by atoms with Crippen LogP contribution in [0.25, 0.3) is 0 Å². The summed E-state index contributed by atoms with van der Waals surface area (Å²) in [6.45, 7) is 2.34. The molecule has 0 fully saturated rings. The van der Waals surface area contributed by atoms with E-state index in [2.05, 4.69) is 25.4 Å². The van der Waals surface area contributed by atoms with Gasteiger partial charge in [-0.05, 0) is 55.0 Å². The molecule has 25 heavy (non-hydrogen) atoms. The molecule has 0 spiro atoms. The van der Waals surface area contributed by atoms with Crippen molar-refractivity contribution in [1.29, 1.82) is 0 Å². The number of nitrogens with one attached hydrogen (secondary N) is 2. The van der Waals surface area contributed by atoms with Crippen LogP contribution in [-0.4, -0.2) is 23.4 Å². The van der Waals surface area contributed by atoms with Gasteiger partial charge in [-0.25, -0.2) is 21.6 Å². The van der Waals surface area contributed by atoms with Crippen molar-refractivity contribution in [3.8, 4) is 0 Å². The summed E-state index contributed by atoms with van der Waals surface area (Å²) in [4.78, 5) is 0.212. The summed E-state index contributed by atoms with van der Waals surface area (Å²) < 4.78 is 54.5. The minimum Gasteiger partial charge on any atom is -0.280 e. The molecule has 0 radical (unpaired) electrons. The van der Waals surface area contributed by atoms with Crippen LogP contribution in [0, 0.1) is 0 Å². The molecule has 0 aliphatic rings. The topological polar surface area (TPSA) is 92.3 Å². The number of halogens is 1. The minimum absolute atomic E-state index is 0.0928. The lowest BCUT2D eigenvalue weighted by atomic mass is 10.3. The van der Waals surface area contributed by atoms with Crippen molar-refractivity contribution < 1.29 is 16.8 Å². The molecule has 2 rings (SSSR count). The molecule has 0 saturated heterocycles. The van der Waals surface area contributed by atoms with Gasteiger partial charge in [0.05, 0.1) is 9.79 Å². The molecule has 2 aromatic rings. The van der Waals surface area contributed by atoms with Crippen molar-refractivity contribution in [2.45, 2.75) is 29.6 Å². The van der Waals surface area contributed by atoms with E-state index in [4.69, 9.17) is 0 Å². The Balaban J connectivity index is 2.13. The summed E-state index contributed by atoms with van der Waals surface area (Å²) in [5, 5.41) is 0. The Bertz CT molecular complexity index is 910. The van der Waals surface area contributed by atoms with Crippen LogP contribution in [0.15, 0.2) is 62.8 Å². The summed E-state index contributed by atoms with van der Waals surface area (Å²) in [7, 11) is -7.31. The van der Waals surface area contributed by atoms with E-state index in [-0.39, 0.29) is 15.5 Å². The van der Waals surface area contributed by atoms with Crippen molar-refractivity contribution in [1.82, 2.24) is 4.72 Å². The first-order valence-electron chi connectivity index (χ1n) is 7.63. The van der Waals surface area contributed by atoms with Crippen LogP contribution in [0.5, 0.6) is 0 Å². The number of rotatable bonds is 8. The van der Waals surface area contributed by atoms with E-state index in [1.54, 1.807) is 12.1 Å². The quantitative estimate of drug-likeness (QED) is 0.608. The normalized spacial score (nSPS) is 12.1. The molecule has 2 N–H and O–H groups in total. The van der Waals surface area contributed by atoms with Crippen LogP contribution >= 0.6 is 15.9 Å². The van der Waals surface area contributed by atoms with Gasteiger partial charge in [0.1, 0.15) is 0 Å². The highest BCUT2D eigenvalue weighted by molar-refractivity contribution is 9.10. The predicted octanol–water partition coefficient (Wildman–Crippen LogP) is 3.33. The van der Waals surface area contributed by atoms with E-state index in [0.717, 1.165) is 17.3 Å². The third-order valence-corrected chi connectivity index (χ3v) is 6.77. The van der Waals surface area contributed by atoms with Crippen molar-refractivity contribution in [3.05, 3.63) is 53.0 Å². The number of anilines is 1. The Morgan fingerprint density at radius 2 is 1.36 bits per heavy atom. The fourth-order valence-electron chi connectivity index (χ4n) is 2.00. The molecule has 2 aromatic carbocycles. The van der Waals surface area contributed by atoms with Crippen LogP contribution in [-0.2, 0) is 20.0 Å². The second-order valence-corrected chi connectivity index (χ2v) is 9.70. The van der Waals surface area contributed by atoms with Gasteiger partial charge in [-0.15, -0.1) is 0 Å². The Hall–Kier alpha value is -1.42. The lowest BCUT2D eigenvalue weighted by molar-refractivity contribution is 0.578. The largest absolute Gasteiger partial charge is 0.280 e. The molecular formula is C16H19BrN2O4S2. The second kappa shape index (κ2) is 8.31. The van der Waals surface area contributed by atoms with E-state index in [0.29, 0.717) is 6.54 Å². The molecule has 0 aliphatic heterocycles. The number of hydrogen-bond donors (Lipinski definition) is 2. The fourth-order valence-corrected chi connectivity index (χ4v) is 4.39. The van der Waals surface area contributed by atoms with Crippen LogP contribution in [0.4, 0.5) is 5.69 Å². The summed E-state index contributed by atoms with van der Waals surface area (Å²) in [6, 6.07) is 11.8. The molecule has 0 aromatic heterocycles. The van der Waals surface area contributed by atoms with E-state index >= 15 is 0 Å². The third-order valence-electron chi connectivity index (χ3n) is 3.36. The lowest BCUT2D eigenvalue weighted by Gasteiger charge is -2.10. The molecule has 0 bridgehead atoms. The Morgan fingerprint density at radius 1 is 0.840 bits per heavy atom. The zero-order chi connectivity index (χ0) is 18.5. The molecule has 136 valence electrons. The first kappa shape index (κ1) is 19.9. The zero-order valence-electron chi connectivity index (χ0n) is 13.6. The van der Waals surface area contributed by atoms with Gasteiger partial charge in [-0.2, -0.15) is 0 Å². The van der Waals surface area contributed by atoms with Crippen molar-refractivity contribution in [2.75, 3.05) is 11.3 Å². The average molecular weight is 447 g/mol. The molecule has 0 amide bonds. The van der Waals surface area contributed by atoms with Crippen molar-refractivity contribution in [2.24, 2.45) is 0 Å². The van der Waals surface area contributed by atoms with Gasteiger partial charge >= 0.3 is 0 Å². The fraction of sp³-hybridized carbons (Fsp3) is 0.250. The van der Waals surface area contributed by atoms with Gasteiger partial charge in [-0.3, -0.25) is 4.72 Å². The van der Waals surface area contributed by atoms with Crippen LogP contribution in [0.1, 0.15) is 19.8 Å². The summed E-state index contributed by atoms with van der Waals surface area (Å²) >= 11 is 3.25. The van der Waals surface area contributed by atoms with Gasteiger partial charge in [0.15, 0.2) is 0 Å². The smallest absolute Gasteiger partial charge is 0.261 e. The second-order valence-electron chi connectivity index (χ2n) is 5.34. The van der Waals surface area contributed by atoms with Crippen molar-refractivity contribution in [3.63, 3.8) is 0 Å². The molecular weight excluding hydrogens is 428 g/mol. The highest BCUT2D eigenvalue weighted by Crippen LogP contribution is 2.20. The van der Waals surface area contributed by atoms with Gasteiger partial charge in [0.25, 0.3) is 10.0 Å². The molecule has 6 nitrogen and oxygen atoms in total. The van der Waals surface area contributed by atoms with Crippen LogP contribution in [0.3, 0.4) is 0 Å². The molecule has 0 unspecified atom stereocenters. The Morgan fingerprint density at radius 3 is 1.92 bits per heavy atom. The third kappa shape index (κ3) is 5.53. The summed E-state index contributed by atoms with van der Waals surface area (Å²) in [5.74, 6) is 0. The monoisotopic (exact) mass is 446 g/mol. The van der Waals surface area contributed by atoms with Gasteiger partial charge in [0.2, 0.25) is 10.0 Å². The molecule has 0 saturated carbocycles. The molecule has 0 heterocycles. The maximum Gasteiger partial charge on any atom is 0.261 e. The number of hydrogen-bond acceptors (Lipinski definition) is 4. The number of sulfonamides is 2. The van der Waals surface area contributed by atoms with E-state index in [9.17, 15) is 16.8 Å². The highest BCUT2D eigenvalue weighted by atomic mass is 79.9. The van der Waals surface area contributed by atoms with Crippen molar-refractivity contribution >= 4 is 41.7 Å². The molecule has 9 heteroatoms. The number of benzene rings is 2. The predicted molar refractivity (Wildman–Crippen MR) is 101 cm³/mol. The Labute approximate surface area is 156 Å². The summed E-state index contributed by atoms with van der Waals surface area (Å²) in [6.07, 6.45) is 1.64. The first-order valence-corrected chi connectivity index (χ1v) is 11.4. The lowest BCUT2D eigenvalue weighted by Crippen LogP contribution is -2.24. The van der Waals surface area contributed by atoms with E-state index < -0.39 is 20.0 Å². The number of unbranched alkanes of at least 4 members (excludes halogenated alkanes) is 1. The van der Waals surface area contributed by atoms with E-state index in [1.165, 1.54) is 36.4 Å². The standard InChI is InChI=1S/C16H19BrN2O4S2/c1-2-3-12-18-24(20,21)15-10-6-14(7-11-15)19-25(22,23)16-8-4-13(17)5-9-16/h4-11,18-19H,2-3,12H2,1H3. The van der Waals surface area contributed by atoms with Gasteiger partial charge in [0, 0.05) is 16.7 Å². The molecule has 0 atom stereocenters. The van der Waals surface area contributed by atoms with Gasteiger partial charge in [-0.1, -0.05) is 29.3 Å². The van der Waals surface area contributed by atoms with Crippen LogP contribution < -0.4 is 9.44 Å².